The summed E-state index contributed by atoms with van der Waals surface area (Å²) in [5.41, 5.74) is 0.850. The van der Waals surface area contributed by atoms with Crippen LogP contribution < -0.4 is 0 Å². The molecule has 0 saturated carbocycles. The van der Waals surface area contributed by atoms with Crippen molar-refractivity contribution in [2.75, 3.05) is 0 Å². The lowest BCUT2D eigenvalue weighted by Crippen LogP contribution is -2.36. The van der Waals surface area contributed by atoms with E-state index in [1.165, 1.54) is 0 Å². The molecule has 0 aromatic rings. The minimum atomic E-state index is -1.70. The van der Waals surface area contributed by atoms with E-state index in [1.807, 2.05) is 0 Å². The maximum atomic E-state index is 6.22. The molecule has 0 aromatic carbocycles. The smallest absolute Gasteiger partial charge is 0.253 e. The van der Waals surface area contributed by atoms with E-state index in [9.17, 15) is 0 Å². The highest BCUT2D eigenvalue weighted by Crippen LogP contribution is 2.30. The van der Waals surface area contributed by atoms with E-state index in [1.54, 1.807) is 0 Å². The zero-order valence-electron chi connectivity index (χ0n) is 14.4. The van der Waals surface area contributed by atoms with Gasteiger partial charge in [0.05, 0.1) is 5.60 Å². The third kappa shape index (κ3) is 7.34. The van der Waals surface area contributed by atoms with Crippen LogP contribution in [0.2, 0.25) is 39.3 Å². The first-order valence-electron chi connectivity index (χ1n) is 6.99. The first-order chi connectivity index (χ1) is 8.32. The molecule has 0 bridgehead atoms. The van der Waals surface area contributed by atoms with Crippen molar-refractivity contribution < 1.29 is 13.3 Å². The average Bonchev–Trinajstić information content (AvgIpc) is 2.12. The Kier molecular flexibility index (Phi) is 6.58. The Morgan fingerprint density at radius 2 is 1.32 bits per heavy atom. The van der Waals surface area contributed by atoms with E-state index in [0.29, 0.717) is 10.5 Å². The highest BCUT2D eigenvalue weighted by atomic mass is 28.4. The van der Waals surface area contributed by atoms with E-state index in [2.05, 4.69) is 60.1 Å². The van der Waals surface area contributed by atoms with Gasteiger partial charge in [0.15, 0.2) is 0 Å². The van der Waals surface area contributed by atoms with Crippen molar-refractivity contribution >= 4 is 27.1 Å². The number of hydrogen-bond donors (Lipinski definition) is 0. The second kappa shape index (κ2) is 6.60. The average molecular weight is 321 g/mol. The predicted octanol–water partition coefficient (Wildman–Crippen LogP) is 3.39. The number of rotatable bonds is 7. The zero-order chi connectivity index (χ0) is 15.5. The van der Waals surface area contributed by atoms with E-state index in [0.717, 1.165) is 17.9 Å². The highest BCUT2D eigenvalue weighted by Gasteiger charge is 2.32. The fraction of sp³-hybridized carbons (Fsp3) is 0.846. The minimum absolute atomic E-state index is 0.296. The van der Waals surface area contributed by atoms with Crippen LogP contribution in [0.25, 0.3) is 0 Å². The number of hydrogen-bond acceptors (Lipinski definition) is 3. The second-order valence-electron chi connectivity index (χ2n) is 7.26. The lowest BCUT2D eigenvalue weighted by Gasteiger charge is -2.34. The first kappa shape index (κ1) is 19.0. The molecule has 0 N–H and O–H groups in total. The van der Waals surface area contributed by atoms with Crippen LogP contribution in [0.15, 0.2) is 11.5 Å². The lowest BCUT2D eigenvalue weighted by molar-refractivity contribution is 0.131. The van der Waals surface area contributed by atoms with Crippen molar-refractivity contribution in [3.63, 3.8) is 0 Å². The SMILES string of the molecule is CCC(=C(O[Si](C)(C)C)O[Si](C)(C)C)C(C)(C)O[SiH3]. The van der Waals surface area contributed by atoms with Crippen molar-refractivity contribution in [3.8, 4) is 0 Å². The highest BCUT2D eigenvalue weighted by molar-refractivity contribution is 6.71. The van der Waals surface area contributed by atoms with Crippen molar-refractivity contribution in [1.29, 1.82) is 0 Å². The maximum absolute atomic E-state index is 6.22. The molecule has 0 heterocycles. The van der Waals surface area contributed by atoms with Crippen LogP contribution in [0.5, 0.6) is 0 Å². The Balaban J connectivity index is 5.62. The van der Waals surface area contributed by atoms with Gasteiger partial charge < -0.3 is 13.3 Å². The molecule has 0 fully saturated rings. The predicted molar refractivity (Wildman–Crippen MR) is 91.3 cm³/mol. The molecule has 0 aliphatic rings. The summed E-state index contributed by atoms with van der Waals surface area (Å²) in [5, 5.41) is 0. The van der Waals surface area contributed by atoms with Gasteiger partial charge in [0.2, 0.25) is 16.6 Å². The molecule has 0 spiro atoms. The van der Waals surface area contributed by atoms with Gasteiger partial charge in [-0.15, -0.1) is 0 Å². The Bertz CT molecular complexity index is 307. The molecule has 19 heavy (non-hydrogen) atoms. The molecule has 6 heteroatoms. The quantitative estimate of drug-likeness (QED) is 0.531. The van der Waals surface area contributed by atoms with Crippen LogP contribution in [0, 0.1) is 0 Å². The first-order valence-corrected chi connectivity index (χ1v) is 14.6. The van der Waals surface area contributed by atoms with E-state index < -0.39 is 16.6 Å². The van der Waals surface area contributed by atoms with Gasteiger partial charge in [0.25, 0.3) is 5.95 Å². The third-order valence-corrected chi connectivity index (χ3v) is 5.25. The largest absolute Gasteiger partial charge is 0.521 e. The molecular weight excluding hydrogens is 288 g/mol. The fourth-order valence-corrected chi connectivity index (χ4v) is 3.41. The summed E-state index contributed by atoms with van der Waals surface area (Å²) in [6.45, 7) is 19.4. The summed E-state index contributed by atoms with van der Waals surface area (Å²) in [4.78, 5) is 0. The molecular formula is C13H32O3Si3. The van der Waals surface area contributed by atoms with Crippen LogP contribution in [0.3, 0.4) is 0 Å². The van der Waals surface area contributed by atoms with E-state index in [4.69, 9.17) is 13.3 Å². The molecule has 0 rings (SSSR count). The van der Waals surface area contributed by atoms with Gasteiger partial charge in [0, 0.05) is 5.57 Å². The molecule has 0 saturated heterocycles. The van der Waals surface area contributed by atoms with Crippen molar-refractivity contribution in [1.82, 2.24) is 0 Å². The van der Waals surface area contributed by atoms with Gasteiger partial charge in [-0.3, -0.25) is 0 Å². The zero-order valence-corrected chi connectivity index (χ0v) is 18.4. The summed E-state index contributed by atoms with van der Waals surface area (Å²) in [6, 6.07) is 0. The molecule has 0 unspecified atom stereocenters. The monoisotopic (exact) mass is 320 g/mol. The molecule has 0 radical (unpaired) electrons. The molecule has 0 amide bonds. The van der Waals surface area contributed by atoms with E-state index in [-0.39, 0.29) is 5.60 Å². The molecule has 0 aliphatic carbocycles. The maximum Gasteiger partial charge on any atom is 0.253 e. The van der Waals surface area contributed by atoms with E-state index >= 15 is 0 Å². The van der Waals surface area contributed by atoms with Crippen molar-refractivity contribution in [3.05, 3.63) is 11.5 Å². The van der Waals surface area contributed by atoms with Gasteiger partial charge >= 0.3 is 0 Å². The Hall–Kier alpha value is -0.0494. The molecule has 0 aliphatic heterocycles. The lowest BCUT2D eigenvalue weighted by atomic mass is 9.97. The van der Waals surface area contributed by atoms with Crippen LogP contribution in [-0.4, -0.2) is 32.7 Å². The molecule has 3 nitrogen and oxygen atoms in total. The van der Waals surface area contributed by atoms with Gasteiger partial charge in [-0.05, 0) is 59.6 Å². The Labute approximate surface area is 124 Å². The van der Waals surface area contributed by atoms with Gasteiger partial charge in [0.1, 0.15) is 10.5 Å². The van der Waals surface area contributed by atoms with Gasteiger partial charge in [-0.2, -0.15) is 0 Å². The summed E-state index contributed by atoms with van der Waals surface area (Å²) < 4.78 is 18.2. The Morgan fingerprint density at radius 1 is 0.947 bits per heavy atom. The fourth-order valence-electron chi connectivity index (χ4n) is 1.64. The molecule has 0 atom stereocenters. The normalized spacial score (nSPS) is 13.3. The Morgan fingerprint density at radius 3 is 1.53 bits per heavy atom. The van der Waals surface area contributed by atoms with Crippen LogP contribution in [0.1, 0.15) is 27.2 Å². The summed E-state index contributed by atoms with van der Waals surface area (Å²) in [5.74, 6) is 0.738. The standard InChI is InChI=1S/C13H32O3Si3/c1-10-11(13(2,3)16-17)12(14-18(4,5)6)15-19(7,8)9/h10H2,1-9,17H3. The van der Waals surface area contributed by atoms with Crippen LogP contribution in [-0.2, 0) is 13.3 Å². The van der Waals surface area contributed by atoms with Crippen LogP contribution >= 0.6 is 0 Å². The van der Waals surface area contributed by atoms with Crippen LogP contribution in [0.4, 0.5) is 0 Å². The molecule has 0 aromatic heterocycles. The summed E-state index contributed by atoms with van der Waals surface area (Å²) in [6.07, 6.45) is 0.888. The van der Waals surface area contributed by atoms with Crippen molar-refractivity contribution in [2.24, 2.45) is 0 Å². The summed E-state index contributed by atoms with van der Waals surface area (Å²) in [7, 11) is -2.68. The summed E-state index contributed by atoms with van der Waals surface area (Å²) >= 11 is 0. The topological polar surface area (TPSA) is 27.7 Å². The van der Waals surface area contributed by atoms with Crippen molar-refractivity contribution in [2.45, 2.75) is 72.1 Å². The van der Waals surface area contributed by atoms with Gasteiger partial charge in [-0.25, -0.2) is 0 Å². The third-order valence-electron chi connectivity index (χ3n) is 2.63. The second-order valence-corrected chi connectivity index (χ2v) is 16.5. The van der Waals surface area contributed by atoms with Gasteiger partial charge in [-0.1, -0.05) is 6.92 Å². The minimum Gasteiger partial charge on any atom is -0.521 e. The molecule has 114 valence electrons.